The highest BCUT2D eigenvalue weighted by Crippen LogP contribution is 2.26. The van der Waals surface area contributed by atoms with Crippen LogP contribution in [0.1, 0.15) is 26.2 Å². The van der Waals surface area contributed by atoms with Crippen molar-refractivity contribution in [2.75, 3.05) is 7.05 Å². The zero-order valence-electron chi connectivity index (χ0n) is 7.62. The Kier molecular flexibility index (Phi) is 3.68. The van der Waals surface area contributed by atoms with Crippen LogP contribution in [0.4, 0.5) is 0 Å². The summed E-state index contributed by atoms with van der Waals surface area (Å²) in [7, 11) is 1.86. The molecule has 0 aromatic rings. The maximum atomic E-state index is 10.9. The normalized spacial score (nSPS) is 39.4. The molecular weight excluding hydrogens is 174 g/mol. The summed E-state index contributed by atoms with van der Waals surface area (Å²) in [5.41, 5.74) is 0. The van der Waals surface area contributed by atoms with Crippen LogP contribution < -0.4 is 5.32 Å². The Bertz CT molecular complexity index is 174. The van der Waals surface area contributed by atoms with Crippen LogP contribution in [0.15, 0.2) is 0 Å². The van der Waals surface area contributed by atoms with Gasteiger partial charge in [-0.3, -0.25) is 0 Å². The molecule has 1 fully saturated rings. The van der Waals surface area contributed by atoms with Crippen LogP contribution in [-0.4, -0.2) is 27.1 Å². The molecule has 72 valence electrons. The molecule has 0 aromatic carbocycles. The van der Waals surface area contributed by atoms with Gasteiger partial charge in [0.25, 0.3) is 0 Å². The lowest BCUT2D eigenvalue weighted by Gasteiger charge is -2.32. The van der Waals surface area contributed by atoms with E-state index in [-0.39, 0.29) is 11.3 Å². The molecule has 0 aliphatic heterocycles. The van der Waals surface area contributed by atoms with Crippen LogP contribution >= 0.6 is 0 Å². The number of hydrogen-bond acceptors (Lipinski definition) is 2. The van der Waals surface area contributed by atoms with Crippen LogP contribution in [-0.2, 0) is 11.1 Å². The molecule has 2 N–H and O–H groups in total. The van der Waals surface area contributed by atoms with Crippen LogP contribution in [0, 0.1) is 5.92 Å². The van der Waals surface area contributed by atoms with E-state index in [2.05, 4.69) is 12.2 Å². The molecule has 0 radical (unpaired) electrons. The van der Waals surface area contributed by atoms with Gasteiger partial charge in [-0.1, -0.05) is 6.92 Å². The second-order valence-corrected chi connectivity index (χ2v) is 4.79. The molecule has 3 nitrogen and oxygen atoms in total. The molecular formula is C8H17NO2S. The first-order chi connectivity index (χ1) is 5.65. The standard InChI is InChI=1S/C8H17NO2S/c1-6-3-4-7(9-2)8(5-6)12(10)11/h6-9H,3-5H2,1-2H3,(H,10,11). The lowest BCUT2D eigenvalue weighted by molar-refractivity contribution is 0.317. The fraction of sp³-hybridized carbons (Fsp3) is 1.00. The van der Waals surface area contributed by atoms with Crippen LogP contribution in [0.25, 0.3) is 0 Å². The average molecular weight is 191 g/mol. The maximum absolute atomic E-state index is 10.9. The van der Waals surface area contributed by atoms with Crippen molar-refractivity contribution < 1.29 is 8.76 Å². The summed E-state index contributed by atoms with van der Waals surface area (Å²) in [5, 5.41) is 3.03. The van der Waals surface area contributed by atoms with E-state index in [9.17, 15) is 4.21 Å². The van der Waals surface area contributed by atoms with E-state index in [0.29, 0.717) is 5.92 Å². The SMILES string of the molecule is CNC1CCC(C)CC1S(=O)O. The molecule has 0 amide bonds. The summed E-state index contributed by atoms with van der Waals surface area (Å²) in [6, 6.07) is 0.229. The van der Waals surface area contributed by atoms with E-state index in [1.807, 2.05) is 7.05 Å². The highest BCUT2D eigenvalue weighted by atomic mass is 32.2. The quantitative estimate of drug-likeness (QED) is 0.640. The fourth-order valence-corrected chi connectivity index (χ4v) is 2.93. The minimum absolute atomic E-state index is 0.0706. The Morgan fingerprint density at radius 1 is 1.50 bits per heavy atom. The van der Waals surface area contributed by atoms with Crippen molar-refractivity contribution in [3.05, 3.63) is 0 Å². The van der Waals surface area contributed by atoms with E-state index in [1.165, 1.54) is 6.42 Å². The third-order valence-corrected chi connectivity index (χ3v) is 3.72. The van der Waals surface area contributed by atoms with Crippen molar-refractivity contribution in [2.24, 2.45) is 5.92 Å². The highest BCUT2D eigenvalue weighted by Gasteiger charge is 2.31. The van der Waals surface area contributed by atoms with Crippen molar-refractivity contribution in [2.45, 2.75) is 37.5 Å². The molecule has 0 spiro atoms. The molecule has 4 heteroatoms. The third-order valence-electron chi connectivity index (χ3n) is 2.68. The molecule has 4 unspecified atom stereocenters. The molecule has 1 aliphatic rings. The third kappa shape index (κ3) is 2.28. The summed E-state index contributed by atoms with van der Waals surface area (Å²) >= 11 is -1.67. The predicted octanol–water partition coefficient (Wildman–Crippen LogP) is 0.985. The summed E-state index contributed by atoms with van der Waals surface area (Å²) in [5.74, 6) is 0.593. The lowest BCUT2D eigenvalue weighted by Crippen LogP contribution is -2.44. The zero-order chi connectivity index (χ0) is 9.14. The van der Waals surface area contributed by atoms with Gasteiger partial charge in [-0.05, 0) is 32.2 Å². The van der Waals surface area contributed by atoms with Gasteiger partial charge >= 0.3 is 0 Å². The molecule has 1 aliphatic carbocycles. The van der Waals surface area contributed by atoms with Gasteiger partial charge in [0.2, 0.25) is 0 Å². The van der Waals surface area contributed by atoms with Gasteiger partial charge in [-0.15, -0.1) is 0 Å². The van der Waals surface area contributed by atoms with Crippen LogP contribution in [0.5, 0.6) is 0 Å². The Balaban J connectivity index is 2.58. The molecule has 1 saturated carbocycles. The van der Waals surface area contributed by atoms with Crippen molar-refractivity contribution >= 4 is 11.1 Å². The van der Waals surface area contributed by atoms with E-state index < -0.39 is 11.1 Å². The van der Waals surface area contributed by atoms with Gasteiger partial charge in [0.1, 0.15) is 0 Å². The monoisotopic (exact) mass is 191 g/mol. The van der Waals surface area contributed by atoms with E-state index >= 15 is 0 Å². The number of nitrogens with one attached hydrogen (secondary N) is 1. The van der Waals surface area contributed by atoms with Crippen LogP contribution in [0.3, 0.4) is 0 Å². The van der Waals surface area contributed by atoms with Crippen molar-refractivity contribution in [3.63, 3.8) is 0 Å². The summed E-state index contributed by atoms with van der Waals surface area (Å²) in [4.78, 5) is 0. The Labute approximate surface area is 76.2 Å². The van der Waals surface area contributed by atoms with Gasteiger partial charge in [-0.2, -0.15) is 0 Å². The van der Waals surface area contributed by atoms with Gasteiger partial charge < -0.3 is 9.87 Å². The molecule has 12 heavy (non-hydrogen) atoms. The summed E-state index contributed by atoms with van der Waals surface area (Å²) in [6.07, 6.45) is 3.06. The number of rotatable bonds is 2. The first-order valence-corrected chi connectivity index (χ1v) is 5.59. The molecule has 1 rings (SSSR count). The van der Waals surface area contributed by atoms with E-state index in [0.717, 1.165) is 12.8 Å². The minimum atomic E-state index is -1.67. The van der Waals surface area contributed by atoms with E-state index in [1.54, 1.807) is 0 Å². The second-order valence-electron chi connectivity index (χ2n) is 3.63. The molecule has 0 saturated heterocycles. The molecule has 4 atom stereocenters. The molecule has 0 heterocycles. The maximum Gasteiger partial charge on any atom is 0.157 e. The first-order valence-electron chi connectivity index (χ1n) is 4.42. The molecule has 0 aromatic heterocycles. The van der Waals surface area contributed by atoms with Crippen molar-refractivity contribution in [3.8, 4) is 0 Å². The van der Waals surface area contributed by atoms with Gasteiger partial charge in [-0.25, -0.2) is 4.21 Å². The first kappa shape index (κ1) is 10.2. The molecule has 0 bridgehead atoms. The van der Waals surface area contributed by atoms with Crippen molar-refractivity contribution in [1.82, 2.24) is 5.32 Å². The smallest absolute Gasteiger partial charge is 0.157 e. The lowest BCUT2D eigenvalue weighted by atomic mass is 9.87. The van der Waals surface area contributed by atoms with Gasteiger partial charge in [0, 0.05) is 6.04 Å². The highest BCUT2D eigenvalue weighted by molar-refractivity contribution is 7.80. The summed E-state index contributed by atoms with van der Waals surface area (Å²) in [6.45, 7) is 2.14. The van der Waals surface area contributed by atoms with E-state index in [4.69, 9.17) is 4.55 Å². The number of hydrogen-bond donors (Lipinski definition) is 2. The Morgan fingerprint density at radius 3 is 2.67 bits per heavy atom. The topological polar surface area (TPSA) is 49.3 Å². The largest absolute Gasteiger partial charge is 0.316 e. The van der Waals surface area contributed by atoms with Gasteiger partial charge in [0.15, 0.2) is 11.1 Å². The summed E-state index contributed by atoms with van der Waals surface area (Å²) < 4.78 is 20.0. The predicted molar refractivity (Wildman–Crippen MR) is 50.4 cm³/mol. The zero-order valence-corrected chi connectivity index (χ0v) is 8.43. The second kappa shape index (κ2) is 4.35. The minimum Gasteiger partial charge on any atom is -0.316 e. The van der Waals surface area contributed by atoms with Gasteiger partial charge in [0.05, 0.1) is 5.25 Å². The van der Waals surface area contributed by atoms with Crippen molar-refractivity contribution in [1.29, 1.82) is 0 Å². The average Bonchev–Trinajstić information content (AvgIpc) is 2.04. The Morgan fingerprint density at radius 2 is 2.17 bits per heavy atom. The Hall–Kier alpha value is 0.0700. The fourth-order valence-electron chi connectivity index (χ4n) is 1.88. The van der Waals surface area contributed by atoms with Crippen LogP contribution in [0.2, 0.25) is 0 Å².